The summed E-state index contributed by atoms with van der Waals surface area (Å²) in [5.74, 6) is 1.34. The average molecular weight is 423 g/mol. The fraction of sp³-hybridized carbons (Fsp3) is 0.125. The first-order valence-electron chi connectivity index (χ1n) is 6.94. The van der Waals surface area contributed by atoms with Crippen LogP contribution in [-0.4, -0.2) is 15.9 Å². The second-order valence-corrected chi connectivity index (χ2v) is 5.93. The molecule has 0 spiro atoms. The van der Waals surface area contributed by atoms with E-state index in [-0.39, 0.29) is 6.61 Å². The molecule has 1 N–H and O–H groups in total. The van der Waals surface area contributed by atoms with Crippen LogP contribution in [0.5, 0.6) is 0 Å². The van der Waals surface area contributed by atoms with Crippen molar-refractivity contribution in [2.45, 2.75) is 13.2 Å². The summed E-state index contributed by atoms with van der Waals surface area (Å²) >= 11 is 2.11. The highest BCUT2D eigenvalue weighted by Crippen LogP contribution is 2.19. The molecule has 0 saturated carbocycles. The number of aromatic nitrogens is 2. The van der Waals surface area contributed by atoms with Gasteiger partial charge in [0.25, 0.3) is 0 Å². The van der Waals surface area contributed by atoms with Crippen LogP contribution in [0.15, 0.2) is 59.3 Å². The lowest BCUT2D eigenvalue weighted by atomic mass is 10.2. The number of anilines is 1. The van der Waals surface area contributed by atoms with Crippen LogP contribution in [0, 0.1) is 3.57 Å². The van der Waals surface area contributed by atoms with Crippen molar-refractivity contribution in [1.82, 2.24) is 9.78 Å². The lowest BCUT2D eigenvalue weighted by molar-refractivity contribution is 0.155. The van der Waals surface area contributed by atoms with Gasteiger partial charge in [-0.15, -0.1) is 0 Å². The minimum atomic E-state index is -0.520. The second-order valence-electron chi connectivity index (χ2n) is 4.76. The van der Waals surface area contributed by atoms with E-state index in [9.17, 15) is 4.79 Å². The summed E-state index contributed by atoms with van der Waals surface area (Å²) in [5.41, 5.74) is 0.932. The largest absolute Gasteiger partial charge is 0.467 e. The zero-order valence-electron chi connectivity index (χ0n) is 12.1. The van der Waals surface area contributed by atoms with E-state index in [4.69, 9.17) is 9.15 Å². The van der Waals surface area contributed by atoms with Crippen molar-refractivity contribution in [1.29, 1.82) is 0 Å². The normalized spacial score (nSPS) is 10.5. The van der Waals surface area contributed by atoms with E-state index < -0.39 is 6.09 Å². The van der Waals surface area contributed by atoms with Gasteiger partial charge in [-0.2, -0.15) is 5.10 Å². The Balaban J connectivity index is 1.63. The van der Waals surface area contributed by atoms with Gasteiger partial charge in [-0.05, 0) is 40.3 Å². The molecule has 0 aliphatic carbocycles. The van der Waals surface area contributed by atoms with E-state index in [1.165, 1.54) is 0 Å². The van der Waals surface area contributed by atoms with Crippen LogP contribution in [0.1, 0.15) is 11.3 Å². The Morgan fingerprint density at radius 1 is 1.26 bits per heavy atom. The highest BCUT2D eigenvalue weighted by Gasteiger charge is 2.14. The Morgan fingerprint density at radius 3 is 2.83 bits per heavy atom. The van der Waals surface area contributed by atoms with Gasteiger partial charge in [0.05, 0.1) is 16.0 Å². The number of carbonyl (C=O) groups is 1. The van der Waals surface area contributed by atoms with Crippen LogP contribution >= 0.6 is 22.6 Å². The predicted molar refractivity (Wildman–Crippen MR) is 93.0 cm³/mol. The van der Waals surface area contributed by atoms with Gasteiger partial charge in [0.2, 0.25) is 0 Å². The minimum absolute atomic E-state index is 0.218. The van der Waals surface area contributed by atoms with E-state index in [1.807, 2.05) is 42.5 Å². The number of benzene rings is 1. The Kier molecular flexibility index (Phi) is 4.96. The lowest BCUT2D eigenvalue weighted by Crippen LogP contribution is -2.17. The van der Waals surface area contributed by atoms with Gasteiger partial charge < -0.3 is 9.15 Å². The maximum absolute atomic E-state index is 12.0. The summed E-state index contributed by atoms with van der Waals surface area (Å²) in [5, 5.41) is 6.97. The van der Waals surface area contributed by atoms with Gasteiger partial charge in [0.15, 0.2) is 0 Å². The highest BCUT2D eigenvalue weighted by atomic mass is 127. The maximum Gasteiger partial charge on any atom is 0.413 e. The fourth-order valence-electron chi connectivity index (χ4n) is 2.01. The zero-order chi connectivity index (χ0) is 16.1. The summed E-state index contributed by atoms with van der Waals surface area (Å²) in [6.07, 6.45) is 2.76. The molecule has 3 aromatic rings. The average Bonchev–Trinajstić information content (AvgIpc) is 3.19. The summed E-state index contributed by atoms with van der Waals surface area (Å²) in [6.45, 7) is 0.653. The van der Waals surface area contributed by atoms with Gasteiger partial charge in [0.1, 0.15) is 24.7 Å². The van der Waals surface area contributed by atoms with Crippen LogP contribution in [0.3, 0.4) is 0 Å². The number of nitrogens with zero attached hydrogens (tertiary/aromatic N) is 2. The van der Waals surface area contributed by atoms with Gasteiger partial charge in [-0.25, -0.2) is 9.48 Å². The van der Waals surface area contributed by atoms with Crippen molar-refractivity contribution in [2.75, 3.05) is 5.32 Å². The van der Waals surface area contributed by atoms with Crippen LogP contribution in [0.4, 0.5) is 10.6 Å². The summed E-state index contributed by atoms with van der Waals surface area (Å²) in [7, 11) is 0. The molecular formula is C16H14IN3O3. The third-order valence-electron chi connectivity index (χ3n) is 3.11. The van der Waals surface area contributed by atoms with Crippen LogP contribution in [0.25, 0.3) is 0 Å². The second kappa shape index (κ2) is 7.32. The van der Waals surface area contributed by atoms with Crippen molar-refractivity contribution in [3.8, 4) is 0 Å². The number of halogens is 1. The molecule has 1 amide bonds. The van der Waals surface area contributed by atoms with Gasteiger partial charge in [-0.1, -0.05) is 30.3 Å². The molecule has 0 saturated heterocycles. The predicted octanol–water partition coefficient (Wildman–Crippen LogP) is 3.88. The molecule has 7 heteroatoms. The highest BCUT2D eigenvalue weighted by molar-refractivity contribution is 14.1. The van der Waals surface area contributed by atoms with Crippen molar-refractivity contribution >= 4 is 34.5 Å². The molecule has 23 heavy (non-hydrogen) atoms. The molecule has 0 bridgehead atoms. The fourth-order valence-corrected chi connectivity index (χ4v) is 2.55. The van der Waals surface area contributed by atoms with Crippen molar-refractivity contribution in [2.24, 2.45) is 0 Å². The summed E-state index contributed by atoms with van der Waals surface area (Å²) in [6, 6.07) is 13.2. The van der Waals surface area contributed by atoms with Crippen LogP contribution in [-0.2, 0) is 17.9 Å². The molecule has 0 aliphatic heterocycles. The lowest BCUT2D eigenvalue weighted by Gasteiger charge is -2.09. The van der Waals surface area contributed by atoms with E-state index in [0.717, 1.165) is 14.9 Å². The number of carbonyl (C=O) groups excluding carboxylic acids is 1. The Bertz CT molecular complexity index is 769. The monoisotopic (exact) mass is 423 g/mol. The maximum atomic E-state index is 12.0. The topological polar surface area (TPSA) is 69.3 Å². The van der Waals surface area contributed by atoms with E-state index >= 15 is 0 Å². The van der Waals surface area contributed by atoms with Crippen LogP contribution < -0.4 is 5.32 Å². The van der Waals surface area contributed by atoms with E-state index in [2.05, 4.69) is 33.0 Å². The Labute approximate surface area is 146 Å². The molecule has 0 radical (unpaired) electrons. The Morgan fingerprint density at radius 2 is 2.09 bits per heavy atom. The minimum Gasteiger partial charge on any atom is -0.467 e. The summed E-state index contributed by atoms with van der Waals surface area (Å²) < 4.78 is 13.0. The number of ether oxygens (including phenoxy) is 1. The molecule has 0 unspecified atom stereocenters. The van der Waals surface area contributed by atoms with Crippen molar-refractivity contribution < 1.29 is 13.9 Å². The number of furan rings is 1. The molecule has 0 fully saturated rings. The molecule has 118 valence electrons. The number of amides is 1. The molecule has 0 aliphatic rings. The molecule has 6 nitrogen and oxygen atoms in total. The van der Waals surface area contributed by atoms with Gasteiger partial charge in [0, 0.05) is 0 Å². The molecule has 2 heterocycles. The van der Waals surface area contributed by atoms with Crippen molar-refractivity contribution in [3.05, 3.63) is 69.8 Å². The first-order valence-corrected chi connectivity index (χ1v) is 8.01. The number of hydrogen-bond donors (Lipinski definition) is 1. The first kappa shape index (κ1) is 15.6. The standard InChI is InChI=1S/C16H14IN3O3/c17-14-9-18-20(10-13-7-4-8-22-13)15(14)19-16(21)23-11-12-5-2-1-3-6-12/h1-9H,10-11H2,(H,19,21). The Hall–Kier alpha value is -2.29. The van der Waals surface area contributed by atoms with Gasteiger partial charge >= 0.3 is 6.09 Å². The molecule has 1 aromatic carbocycles. The zero-order valence-corrected chi connectivity index (χ0v) is 14.3. The third kappa shape index (κ3) is 4.13. The summed E-state index contributed by atoms with van der Waals surface area (Å²) in [4.78, 5) is 12.0. The molecule has 3 rings (SSSR count). The number of hydrogen-bond acceptors (Lipinski definition) is 4. The van der Waals surface area contributed by atoms with E-state index in [0.29, 0.717) is 12.4 Å². The first-order chi connectivity index (χ1) is 11.2. The van der Waals surface area contributed by atoms with Crippen LogP contribution in [0.2, 0.25) is 0 Å². The molecule has 2 aromatic heterocycles. The number of rotatable bonds is 5. The molecule has 0 atom stereocenters. The van der Waals surface area contributed by atoms with Gasteiger partial charge in [-0.3, -0.25) is 5.32 Å². The van der Waals surface area contributed by atoms with E-state index in [1.54, 1.807) is 17.1 Å². The SMILES string of the molecule is O=C(Nc1c(I)cnn1Cc1ccco1)OCc1ccccc1. The number of nitrogens with one attached hydrogen (secondary N) is 1. The smallest absolute Gasteiger partial charge is 0.413 e. The van der Waals surface area contributed by atoms with Crippen molar-refractivity contribution in [3.63, 3.8) is 0 Å². The third-order valence-corrected chi connectivity index (χ3v) is 3.90. The molecular weight excluding hydrogens is 409 g/mol. The quantitative estimate of drug-likeness (QED) is 0.633.